The molecule has 0 rings (SSSR count). The van der Waals surface area contributed by atoms with Crippen molar-refractivity contribution in [2.75, 3.05) is 0 Å². The molecule has 0 unspecified atom stereocenters. The smallest absolute Gasteiger partial charge is 0.305 e. The van der Waals surface area contributed by atoms with Gasteiger partial charge in [0.05, 0.1) is 12.5 Å². The van der Waals surface area contributed by atoms with Crippen LogP contribution in [-0.4, -0.2) is 35.0 Å². The number of amides is 2. The zero-order chi connectivity index (χ0) is 12.9. The highest BCUT2D eigenvalue weighted by Gasteiger charge is 2.25. The molecule has 0 aromatic carbocycles. The molecule has 0 aromatic heterocycles. The number of carbonyl (C=O) groups excluding carboxylic acids is 2. The monoisotopic (exact) mass is 231 g/mol. The molecule has 0 heterocycles. The van der Waals surface area contributed by atoms with Crippen molar-refractivity contribution in [2.45, 2.75) is 32.4 Å². The minimum atomic E-state index is -1.23. The first-order chi connectivity index (χ1) is 7.25. The van der Waals surface area contributed by atoms with Crippen LogP contribution >= 0.6 is 0 Å². The van der Waals surface area contributed by atoms with Crippen molar-refractivity contribution in [1.29, 1.82) is 0 Å². The van der Waals surface area contributed by atoms with E-state index in [1.807, 2.05) is 0 Å². The van der Waals surface area contributed by atoms with E-state index in [0.717, 1.165) is 0 Å². The summed E-state index contributed by atoms with van der Waals surface area (Å²) in [5, 5.41) is 10.7. The predicted molar refractivity (Wildman–Crippen MR) is 56.2 cm³/mol. The van der Waals surface area contributed by atoms with E-state index in [1.54, 1.807) is 13.8 Å². The quantitative estimate of drug-likeness (QED) is 0.437. The summed E-state index contributed by atoms with van der Waals surface area (Å²) in [6, 6.07) is -2.02. The fraction of sp³-hybridized carbons (Fsp3) is 0.667. The number of hydrogen-bond acceptors (Lipinski definition) is 4. The summed E-state index contributed by atoms with van der Waals surface area (Å²) in [6.07, 6.45) is -0.550. The van der Waals surface area contributed by atoms with Crippen molar-refractivity contribution < 1.29 is 19.5 Å². The lowest BCUT2D eigenvalue weighted by atomic mass is 10.0. The van der Waals surface area contributed by atoms with Gasteiger partial charge >= 0.3 is 5.97 Å². The second kappa shape index (κ2) is 6.06. The number of carboxylic acids is 1. The van der Waals surface area contributed by atoms with Gasteiger partial charge in [0.2, 0.25) is 11.8 Å². The number of rotatable bonds is 6. The Hall–Kier alpha value is -1.63. The molecule has 0 spiro atoms. The number of carboxylic acid groups (broad SMARTS) is 1. The van der Waals surface area contributed by atoms with Crippen LogP contribution in [0.5, 0.6) is 0 Å². The third-order valence-corrected chi connectivity index (χ3v) is 2.06. The van der Waals surface area contributed by atoms with Gasteiger partial charge in [-0.15, -0.1) is 0 Å². The molecule has 6 N–H and O–H groups in total. The number of primary amides is 1. The van der Waals surface area contributed by atoms with E-state index in [4.69, 9.17) is 16.6 Å². The Morgan fingerprint density at radius 3 is 2.12 bits per heavy atom. The van der Waals surface area contributed by atoms with Crippen LogP contribution in [0.25, 0.3) is 0 Å². The second-order valence-electron chi connectivity index (χ2n) is 3.83. The van der Waals surface area contributed by atoms with Crippen LogP contribution < -0.4 is 16.8 Å². The van der Waals surface area contributed by atoms with Gasteiger partial charge in [0, 0.05) is 0 Å². The Kier molecular flexibility index (Phi) is 5.44. The molecule has 0 radical (unpaired) electrons. The van der Waals surface area contributed by atoms with E-state index in [-0.39, 0.29) is 5.92 Å². The molecule has 7 nitrogen and oxygen atoms in total. The first kappa shape index (κ1) is 14.4. The molecule has 0 saturated carbocycles. The summed E-state index contributed by atoms with van der Waals surface area (Å²) in [7, 11) is 0. The Balaban J connectivity index is 4.46. The van der Waals surface area contributed by atoms with E-state index >= 15 is 0 Å². The number of nitrogens with one attached hydrogen (secondary N) is 1. The highest BCUT2D eigenvalue weighted by atomic mass is 16.4. The fourth-order valence-electron chi connectivity index (χ4n) is 0.968. The molecule has 0 fully saturated rings. The zero-order valence-corrected chi connectivity index (χ0v) is 9.27. The van der Waals surface area contributed by atoms with Crippen LogP contribution in [0.3, 0.4) is 0 Å². The van der Waals surface area contributed by atoms with Gasteiger partial charge in [-0.05, 0) is 5.92 Å². The maximum Gasteiger partial charge on any atom is 0.305 e. The average Bonchev–Trinajstić information content (AvgIpc) is 2.14. The lowest BCUT2D eigenvalue weighted by Crippen LogP contribution is -2.52. The molecule has 7 heteroatoms. The van der Waals surface area contributed by atoms with Crippen molar-refractivity contribution in [3.8, 4) is 0 Å². The number of aliphatic carboxylic acids is 1. The van der Waals surface area contributed by atoms with Crippen molar-refractivity contribution >= 4 is 17.8 Å². The maximum absolute atomic E-state index is 11.4. The molecule has 2 atom stereocenters. The highest BCUT2D eigenvalue weighted by Crippen LogP contribution is 2.00. The molecular formula is C9H17N3O4. The predicted octanol–water partition coefficient (Wildman–Crippen LogP) is -1.59. The first-order valence-corrected chi connectivity index (χ1v) is 4.82. The van der Waals surface area contributed by atoms with Crippen LogP contribution in [0.4, 0.5) is 0 Å². The lowest BCUT2D eigenvalue weighted by molar-refractivity contribution is -0.140. The van der Waals surface area contributed by atoms with Crippen LogP contribution in [0.2, 0.25) is 0 Å². The summed E-state index contributed by atoms with van der Waals surface area (Å²) in [5.74, 6) is -2.81. The normalized spacial score (nSPS) is 14.2. The molecule has 0 aliphatic rings. The molecule has 0 bridgehead atoms. The molecule has 2 amide bonds. The van der Waals surface area contributed by atoms with Crippen LogP contribution in [0, 0.1) is 5.92 Å². The molecule has 0 aromatic rings. The van der Waals surface area contributed by atoms with Gasteiger partial charge in [0.1, 0.15) is 6.04 Å². The zero-order valence-electron chi connectivity index (χ0n) is 9.27. The highest BCUT2D eigenvalue weighted by molar-refractivity contribution is 5.91. The Bertz CT molecular complexity index is 290. The fourth-order valence-corrected chi connectivity index (χ4v) is 0.968. The van der Waals surface area contributed by atoms with Crippen LogP contribution in [0.15, 0.2) is 0 Å². The standard InChI is InChI=1S/C9H17N3O4/c1-4(2)7(10)9(16)12-5(8(11)15)3-6(13)14/h4-5,7H,3,10H2,1-2H3,(H2,11,15)(H,12,16)(H,13,14)/t5-,7+/m1/s1. The van der Waals surface area contributed by atoms with E-state index in [0.29, 0.717) is 0 Å². The Labute approximate surface area is 93.2 Å². The second-order valence-corrected chi connectivity index (χ2v) is 3.83. The van der Waals surface area contributed by atoms with Gasteiger partial charge < -0.3 is 21.9 Å². The van der Waals surface area contributed by atoms with E-state index in [2.05, 4.69) is 5.32 Å². The lowest BCUT2D eigenvalue weighted by Gasteiger charge is -2.19. The molecule has 0 aliphatic heterocycles. The third-order valence-electron chi connectivity index (χ3n) is 2.06. The summed E-state index contributed by atoms with van der Waals surface area (Å²) in [4.78, 5) is 32.7. The minimum Gasteiger partial charge on any atom is -0.481 e. The van der Waals surface area contributed by atoms with Crippen molar-refractivity contribution in [3.63, 3.8) is 0 Å². The summed E-state index contributed by atoms with van der Waals surface area (Å²) < 4.78 is 0. The van der Waals surface area contributed by atoms with Gasteiger partial charge in [-0.1, -0.05) is 13.8 Å². The van der Waals surface area contributed by atoms with Crippen LogP contribution in [0.1, 0.15) is 20.3 Å². The molecule has 0 saturated heterocycles. The van der Waals surface area contributed by atoms with E-state index in [9.17, 15) is 14.4 Å². The van der Waals surface area contributed by atoms with E-state index < -0.39 is 36.3 Å². The number of hydrogen-bond donors (Lipinski definition) is 4. The summed E-state index contributed by atoms with van der Waals surface area (Å²) in [5.41, 5.74) is 10.5. The van der Waals surface area contributed by atoms with Crippen molar-refractivity contribution in [3.05, 3.63) is 0 Å². The maximum atomic E-state index is 11.4. The summed E-state index contributed by atoms with van der Waals surface area (Å²) >= 11 is 0. The van der Waals surface area contributed by atoms with Gasteiger partial charge in [-0.25, -0.2) is 0 Å². The molecule has 92 valence electrons. The van der Waals surface area contributed by atoms with Gasteiger partial charge in [-0.3, -0.25) is 14.4 Å². The third kappa shape index (κ3) is 4.74. The number of carbonyl (C=O) groups is 3. The molecular weight excluding hydrogens is 214 g/mol. The van der Waals surface area contributed by atoms with Crippen molar-refractivity contribution in [2.24, 2.45) is 17.4 Å². The van der Waals surface area contributed by atoms with Gasteiger partial charge in [0.25, 0.3) is 0 Å². The Morgan fingerprint density at radius 2 is 1.81 bits per heavy atom. The van der Waals surface area contributed by atoms with Crippen LogP contribution in [-0.2, 0) is 14.4 Å². The largest absolute Gasteiger partial charge is 0.481 e. The summed E-state index contributed by atoms with van der Waals surface area (Å²) in [6.45, 7) is 3.47. The Morgan fingerprint density at radius 1 is 1.31 bits per heavy atom. The van der Waals surface area contributed by atoms with Gasteiger partial charge in [-0.2, -0.15) is 0 Å². The van der Waals surface area contributed by atoms with Gasteiger partial charge in [0.15, 0.2) is 0 Å². The SMILES string of the molecule is CC(C)[C@H](N)C(=O)N[C@H](CC(=O)O)C(N)=O. The molecule has 16 heavy (non-hydrogen) atoms. The first-order valence-electron chi connectivity index (χ1n) is 4.82. The minimum absolute atomic E-state index is 0.113. The molecule has 0 aliphatic carbocycles. The average molecular weight is 231 g/mol. The van der Waals surface area contributed by atoms with Crippen molar-refractivity contribution in [1.82, 2.24) is 5.32 Å². The number of nitrogens with two attached hydrogens (primary N) is 2. The topological polar surface area (TPSA) is 136 Å². The van der Waals surface area contributed by atoms with E-state index in [1.165, 1.54) is 0 Å².